The predicted octanol–water partition coefficient (Wildman–Crippen LogP) is 1.30. The summed E-state index contributed by atoms with van der Waals surface area (Å²) in [5.41, 5.74) is 2.48. The Balaban J connectivity index is 1.41. The van der Waals surface area contributed by atoms with Gasteiger partial charge < -0.3 is 10.2 Å². The van der Waals surface area contributed by atoms with Crippen molar-refractivity contribution in [2.45, 2.75) is 38.8 Å². The Morgan fingerprint density at radius 3 is 2.89 bits per heavy atom. The number of aromatic nitrogens is 2. The van der Waals surface area contributed by atoms with E-state index >= 15 is 0 Å². The molecule has 1 saturated carbocycles. The van der Waals surface area contributed by atoms with Crippen LogP contribution in [-0.2, 0) is 13.6 Å². The first-order valence-electron chi connectivity index (χ1n) is 7.16. The normalized spacial score (nSPS) is 24.9. The lowest BCUT2D eigenvalue weighted by atomic mass is 10.1. The molecular weight excluding hydrogens is 224 g/mol. The third-order valence-corrected chi connectivity index (χ3v) is 4.24. The van der Waals surface area contributed by atoms with Gasteiger partial charge in [0.05, 0.1) is 5.69 Å². The number of nitrogens with one attached hydrogen (secondary N) is 1. The maximum absolute atomic E-state index is 4.37. The number of rotatable bonds is 5. The van der Waals surface area contributed by atoms with Crippen LogP contribution >= 0.6 is 0 Å². The molecule has 0 amide bonds. The van der Waals surface area contributed by atoms with Gasteiger partial charge >= 0.3 is 0 Å². The summed E-state index contributed by atoms with van der Waals surface area (Å²) < 4.78 is 1.90. The van der Waals surface area contributed by atoms with Crippen LogP contribution in [-0.4, -0.2) is 40.4 Å². The molecule has 100 valence electrons. The fraction of sp³-hybridized carbons (Fsp3) is 0.786. The van der Waals surface area contributed by atoms with Crippen LogP contribution in [0.5, 0.6) is 0 Å². The second kappa shape index (κ2) is 5.02. The molecule has 2 aliphatic rings. The number of likely N-dealkylation sites (tertiary alicyclic amines) is 1. The molecule has 1 aromatic rings. The summed E-state index contributed by atoms with van der Waals surface area (Å²) in [7, 11) is 1.99. The highest BCUT2D eigenvalue weighted by molar-refractivity contribution is 5.14. The molecule has 1 aliphatic heterocycles. The van der Waals surface area contributed by atoms with Crippen LogP contribution in [0.15, 0.2) is 6.20 Å². The number of hydrogen-bond acceptors (Lipinski definition) is 3. The van der Waals surface area contributed by atoms with Crippen LogP contribution in [0.4, 0.5) is 0 Å². The molecule has 0 bridgehead atoms. The van der Waals surface area contributed by atoms with E-state index in [9.17, 15) is 0 Å². The molecule has 18 heavy (non-hydrogen) atoms. The lowest BCUT2D eigenvalue weighted by Gasteiger charge is -2.15. The molecule has 4 heteroatoms. The van der Waals surface area contributed by atoms with Gasteiger partial charge in [-0.15, -0.1) is 0 Å². The summed E-state index contributed by atoms with van der Waals surface area (Å²) >= 11 is 0. The summed E-state index contributed by atoms with van der Waals surface area (Å²) in [5, 5.41) is 7.97. The topological polar surface area (TPSA) is 33.1 Å². The molecule has 1 unspecified atom stereocenters. The lowest BCUT2D eigenvalue weighted by Crippen LogP contribution is -2.27. The van der Waals surface area contributed by atoms with Crippen molar-refractivity contribution in [1.82, 2.24) is 20.0 Å². The number of nitrogens with zero attached hydrogens (tertiary/aromatic N) is 3. The average molecular weight is 248 g/mol. The van der Waals surface area contributed by atoms with E-state index in [2.05, 4.69) is 28.4 Å². The maximum Gasteiger partial charge on any atom is 0.0638 e. The summed E-state index contributed by atoms with van der Waals surface area (Å²) in [5.74, 6) is 0.850. The van der Waals surface area contributed by atoms with E-state index < -0.39 is 0 Å². The minimum atomic E-state index is 0.850. The van der Waals surface area contributed by atoms with Crippen LogP contribution < -0.4 is 5.32 Å². The summed E-state index contributed by atoms with van der Waals surface area (Å²) in [6, 6.07) is 0.940. The fourth-order valence-electron chi connectivity index (χ4n) is 3.03. The smallest absolute Gasteiger partial charge is 0.0638 e. The second-order valence-electron chi connectivity index (χ2n) is 5.93. The molecule has 1 aliphatic carbocycles. The van der Waals surface area contributed by atoms with E-state index in [0.29, 0.717) is 0 Å². The molecule has 3 rings (SSSR count). The second-order valence-corrected chi connectivity index (χ2v) is 5.93. The Morgan fingerprint density at radius 1 is 1.39 bits per heavy atom. The predicted molar refractivity (Wildman–Crippen MR) is 72.4 cm³/mol. The molecule has 0 aromatic carbocycles. The molecule has 0 radical (unpaired) electrons. The summed E-state index contributed by atoms with van der Waals surface area (Å²) in [6.45, 7) is 6.82. The van der Waals surface area contributed by atoms with Gasteiger partial charge in [0.2, 0.25) is 0 Å². The minimum absolute atomic E-state index is 0.850. The molecule has 2 fully saturated rings. The highest BCUT2D eigenvalue weighted by Crippen LogP contribution is 2.31. The van der Waals surface area contributed by atoms with E-state index in [1.54, 1.807) is 0 Å². The highest BCUT2D eigenvalue weighted by Gasteiger charge is 2.33. The zero-order chi connectivity index (χ0) is 12.5. The van der Waals surface area contributed by atoms with Gasteiger partial charge in [0.15, 0.2) is 0 Å². The van der Waals surface area contributed by atoms with E-state index in [4.69, 9.17) is 0 Å². The zero-order valence-corrected chi connectivity index (χ0v) is 11.5. The zero-order valence-electron chi connectivity index (χ0n) is 11.5. The molecule has 1 aromatic heterocycles. The standard InChI is InChI=1S/C14H24N4/c1-11-13(10-17(2)16-11)8-15-7-12-5-6-18(9-12)14-3-4-14/h10,12,14-15H,3-9H2,1-2H3. The first kappa shape index (κ1) is 12.2. The van der Waals surface area contributed by atoms with Crippen molar-refractivity contribution in [3.63, 3.8) is 0 Å². The van der Waals surface area contributed by atoms with E-state index in [1.807, 2.05) is 11.7 Å². The Labute approximate surface area is 109 Å². The molecule has 2 heterocycles. The van der Waals surface area contributed by atoms with Gasteiger partial charge in [0, 0.05) is 37.9 Å². The summed E-state index contributed by atoms with van der Waals surface area (Å²) in [4.78, 5) is 2.68. The van der Waals surface area contributed by atoms with E-state index in [1.165, 1.54) is 37.9 Å². The summed E-state index contributed by atoms with van der Waals surface area (Å²) in [6.07, 6.45) is 6.37. The van der Waals surface area contributed by atoms with Crippen molar-refractivity contribution in [1.29, 1.82) is 0 Å². The van der Waals surface area contributed by atoms with Crippen LogP contribution in [0, 0.1) is 12.8 Å². The van der Waals surface area contributed by atoms with Gasteiger partial charge in [0.1, 0.15) is 0 Å². The van der Waals surface area contributed by atoms with Crippen molar-refractivity contribution in [3.8, 4) is 0 Å². The Hall–Kier alpha value is -0.870. The monoisotopic (exact) mass is 248 g/mol. The van der Waals surface area contributed by atoms with Crippen molar-refractivity contribution < 1.29 is 0 Å². The van der Waals surface area contributed by atoms with E-state index in [-0.39, 0.29) is 0 Å². The largest absolute Gasteiger partial charge is 0.312 e. The van der Waals surface area contributed by atoms with Crippen molar-refractivity contribution in [2.24, 2.45) is 13.0 Å². The Kier molecular flexibility index (Phi) is 3.39. The SMILES string of the molecule is Cc1nn(C)cc1CNCC1CCN(C2CC2)C1. The molecule has 0 spiro atoms. The van der Waals surface area contributed by atoms with Crippen molar-refractivity contribution in [2.75, 3.05) is 19.6 Å². The van der Waals surface area contributed by atoms with Crippen molar-refractivity contribution in [3.05, 3.63) is 17.5 Å². The first-order chi connectivity index (χ1) is 8.72. The van der Waals surface area contributed by atoms with Gasteiger partial charge in [0.25, 0.3) is 0 Å². The third-order valence-electron chi connectivity index (χ3n) is 4.24. The molecule has 1 atom stereocenters. The van der Waals surface area contributed by atoms with Crippen LogP contribution in [0.1, 0.15) is 30.5 Å². The van der Waals surface area contributed by atoms with Gasteiger partial charge in [-0.05, 0) is 45.2 Å². The average Bonchev–Trinajstić information content (AvgIpc) is 2.99. The van der Waals surface area contributed by atoms with Gasteiger partial charge in [-0.1, -0.05) is 0 Å². The van der Waals surface area contributed by atoms with Crippen LogP contribution in [0.3, 0.4) is 0 Å². The van der Waals surface area contributed by atoms with Crippen LogP contribution in [0.2, 0.25) is 0 Å². The molecule has 1 saturated heterocycles. The fourth-order valence-corrected chi connectivity index (χ4v) is 3.03. The Morgan fingerprint density at radius 2 is 2.22 bits per heavy atom. The Bertz CT molecular complexity index is 408. The molecular formula is C14H24N4. The van der Waals surface area contributed by atoms with Gasteiger partial charge in [-0.25, -0.2) is 0 Å². The number of aryl methyl sites for hydroxylation is 2. The van der Waals surface area contributed by atoms with Gasteiger partial charge in [-0.3, -0.25) is 4.68 Å². The van der Waals surface area contributed by atoms with Crippen molar-refractivity contribution >= 4 is 0 Å². The highest BCUT2D eigenvalue weighted by atomic mass is 15.3. The van der Waals surface area contributed by atoms with Gasteiger partial charge in [-0.2, -0.15) is 5.10 Å². The lowest BCUT2D eigenvalue weighted by molar-refractivity contribution is 0.312. The third kappa shape index (κ3) is 2.75. The molecule has 1 N–H and O–H groups in total. The molecule has 4 nitrogen and oxygen atoms in total. The quantitative estimate of drug-likeness (QED) is 0.853. The van der Waals surface area contributed by atoms with Crippen LogP contribution in [0.25, 0.3) is 0 Å². The van der Waals surface area contributed by atoms with E-state index in [0.717, 1.165) is 30.7 Å². The number of hydrogen-bond donors (Lipinski definition) is 1. The maximum atomic E-state index is 4.37. The minimum Gasteiger partial charge on any atom is -0.312 e. The first-order valence-corrected chi connectivity index (χ1v) is 7.16.